The number of hydrazone groups is 1. The summed E-state index contributed by atoms with van der Waals surface area (Å²) < 4.78 is 12.1. The first kappa shape index (κ1) is 25.2. The predicted octanol–water partition coefficient (Wildman–Crippen LogP) is 6.15. The van der Waals surface area contributed by atoms with E-state index in [4.69, 9.17) is 55.9 Å². The molecule has 0 bridgehead atoms. The van der Waals surface area contributed by atoms with Gasteiger partial charge in [-0.05, 0) is 42.3 Å². The van der Waals surface area contributed by atoms with Crippen molar-refractivity contribution in [2.75, 3.05) is 19.1 Å². The lowest BCUT2D eigenvalue weighted by atomic mass is 10.2. The van der Waals surface area contributed by atoms with Crippen molar-refractivity contribution < 1.29 is 9.47 Å². The van der Waals surface area contributed by atoms with Crippen LogP contribution in [-0.2, 0) is 6.54 Å². The monoisotopic (exact) mass is 528 g/mol. The van der Waals surface area contributed by atoms with E-state index >= 15 is 0 Å². The summed E-state index contributed by atoms with van der Waals surface area (Å²) in [5.41, 5.74) is 3.66. The third-order valence-corrected chi connectivity index (χ3v) is 6.04. The van der Waals surface area contributed by atoms with Gasteiger partial charge in [0.1, 0.15) is 10.7 Å². The van der Waals surface area contributed by atoms with E-state index in [9.17, 15) is 4.79 Å². The first-order valence-electron chi connectivity index (χ1n) is 9.83. The number of methoxy groups -OCH3 is 1. The zero-order valence-corrected chi connectivity index (χ0v) is 20.8. The normalized spacial score (nSPS) is 11.1. The number of nitrogens with one attached hydrogen (secondary N) is 1. The molecule has 1 heterocycles. The fraction of sp³-hybridized carbons (Fsp3) is 0.227. The van der Waals surface area contributed by atoms with E-state index < -0.39 is 5.56 Å². The van der Waals surface area contributed by atoms with Crippen molar-refractivity contribution in [2.24, 2.45) is 5.10 Å². The Morgan fingerprint density at radius 3 is 2.58 bits per heavy atom. The smallest absolute Gasteiger partial charge is 0.288 e. The van der Waals surface area contributed by atoms with Gasteiger partial charge in [-0.15, -0.1) is 0 Å². The van der Waals surface area contributed by atoms with Gasteiger partial charge in [-0.25, -0.2) is 4.68 Å². The fourth-order valence-corrected chi connectivity index (χ4v) is 3.65. The van der Waals surface area contributed by atoms with Gasteiger partial charge in [-0.1, -0.05) is 53.3 Å². The molecule has 3 rings (SSSR count). The zero-order valence-electron chi connectivity index (χ0n) is 17.7. The standard InChI is InChI=1S/C22H20Cl4N4O3/c1-3-8-33-18-7-4-13(9-19(18)32-2)10-27-29-17-11-28-30(22(31)21(17)26)12-14-15(23)5-6-16(24)20(14)25/h4-7,9-11,29H,3,8,12H2,1-2H3. The van der Waals surface area contributed by atoms with Crippen molar-refractivity contribution in [1.82, 2.24) is 9.78 Å². The Bertz CT molecular complexity index is 1230. The maximum absolute atomic E-state index is 12.7. The highest BCUT2D eigenvalue weighted by atomic mass is 35.5. The fourth-order valence-electron chi connectivity index (χ4n) is 2.79. The van der Waals surface area contributed by atoms with Crippen LogP contribution in [0.2, 0.25) is 20.1 Å². The van der Waals surface area contributed by atoms with Gasteiger partial charge >= 0.3 is 0 Å². The molecule has 0 aliphatic heterocycles. The van der Waals surface area contributed by atoms with Crippen molar-refractivity contribution in [1.29, 1.82) is 0 Å². The number of hydrogen-bond acceptors (Lipinski definition) is 6. The van der Waals surface area contributed by atoms with Crippen LogP contribution in [0.5, 0.6) is 11.5 Å². The van der Waals surface area contributed by atoms with Crippen LogP contribution >= 0.6 is 46.4 Å². The van der Waals surface area contributed by atoms with Crippen LogP contribution in [0.15, 0.2) is 46.4 Å². The average Bonchev–Trinajstić information content (AvgIpc) is 2.82. The van der Waals surface area contributed by atoms with Crippen molar-refractivity contribution in [2.45, 2.75) is 19.9 Å². The molecule has 2 aromatic carbocycles. The molecule has 0 aliphatic carbocycles. The van der Waals surface area contributed by atoms with Crippen LogP contribution in [0.1, 0.15) is 24.5 Å². The largest absolute Gasteiger partial charge is 0.493 e. The molecule has 11 heteroatoms. The molecular formula is C22H20Cl4N4O3. The number of aromatic nitrogens is 2. The average molecular weight is 530 g/mol. The highest BCUT2D eigenvalue weighted by Crippen LogP contribution is 2.32. The number of benzene rings is 2. The summed E-state index contributed by atoms with van der Waals surface area (Å²) in [6.45, 7) is 2.63. The highest BCUT2D eigenvalue weighted by molar-refractivity contribution is 6.44. The molecule has 1 aromatic heterocycles. The number of nitrogens with zero attached hydrogens (tertiary/aromatic N) is 3. The molecule has 0 atom stereocenters. The Labute approximate surface area is 210 Å². The van der Waals surface area contributed by atoms with Gasteiger partial charge in [-0.3, -0.25) is 10.2 Å². The SMILES string of the molecule is CCCOc1ccc(C=NNc2cnn(Cc3c(Cl)ccc(Cl)c3Cl)c(=O)c2Cl)cc1OC. The van der Waals surface area contributed by atoms with Crippen LogP contribution in [-0.4, -0.2) is 29.7 Å². The second kappa shape index (κ2) is 11.6. The van der Waals surface area contributed by atoms with Gasteiger partial charge in [0, 0.05) is 10.6 Å². The van der Waals surface area contributed by atoms with Crippen LogP contribution in [0.3, 0.4) is 0 Å². The lowest BCUT2D eigenvalue weighted by Crippen LogP contribution is -2.24. The van der Waals surface area contributed by atoms with Gasteiger partial charge in [-0.2, -0.15) is 10.2 Å². The van der Waals surface area contributed by atoms with Crippen molar-refractivity contribution in [3.05, 3.63) is 78.1 Å². The molecule has 0 spiro atoms. The van der Waals surface area contributed by atoms with Crippen molar-refractivity contribution >= 4 is 58.3 Å². The van der Waals surface area contributed by atoms with Crippen molar-refractivity contribution in [3.63, 3.8) is 0 Å². The van der Waals surface area contributed by atoms with Crippen LogP contribution in [0.4, 0.5) is 5.69 Å². The molecule has 0 saturated carbocycles. The minimum Gasteiger partial charge on any atom is -0.493 e. The first-order valence-corrected chi connectivity index (χ1v) is 11.3. The number of halogens is 4. The van der Waals surface area contributed by atoms with Gasteiger partial charge in [0.15, 0.2) is 11.5 Å². The molecule has 0 fully saturated rings. The molecule has 0 aliphatic rings. The summed E-state index contributed by atoms with van der Waals surface area (Å²) in [6, 6.07) is 8.59. The topological polar surface area (TPSA) is 77.7 Å². The van der Waals surface area contributed by atoms with Crippen LogP contribution < -0.4 is 20.5 Å². The minimum atomic E-state index is -0.539. The highest BCUT2D eigenvalue weighted by Gasteiger charge is 2.14. The first-order chi connectivity index (χ1) is 15.8. The molecule has 1 N–H and O–H groups in total. The van der Waals surface area contributed by atoms with Gasteiger partial charge in [0.25, 0.3) is 5.56 Å². The summed E-state index contributed by atoms with van der Waals surface area (Å²) in [4.78, 5) is 12.7. The van der Waals surface area contributed by atoms with E-state index in [1.807, 2.05) is 13.0 Å². The molecule has 7 nitrogen and oxygen atoms in total. The van der Waals surface area contributed by atoms with E-state index in [0.717, 1.165) is 16.7 Å². The Hall–Kier alpha value is -2.45. The van der Waals surface area contributed by atoms with E-state index in [1.165, 1.54) is 6.20 Å². The Morgan fingerprint density at radius 1 is 1.09 bits per heavy atom. The second-order valence-corrected chi connectivity index (χ2v) is 8.36. The number of hydrogen-bond donors (Lipinski definition) is 1. The van der Waals surface area contributed by atoms with E-state index in [2.05, 4.69) is 15.6 Å². The molecule has 0 saturated heterocycles. The summed E-state index contributed by atoms with van der Waals surface area (Å²) in [7, 11) is 1.57. The van der Waals surface area contributed by atoms with E-state index in [1.54, 1.807) is 37.6 Å². The molecule has 0 radical (unpaired) electrons. The van der Waals surface area contributed by atoms with E-state index in [-0.39, 0.29) is 22.3 Å². The maximum atomic E-state index is 12.7. The zero-order chi connectivity index (χ0) is 24.0. The van der Waals surface area contributed by atoms with Gasteiger partial charge < -0.3 is 9.47 Å². The Balaban J connectivity index is 1.76. The lowest BCUT2D eigenvalue weighted by molar-refractivity contribution is 0.294. The van der Waals surface area contributed by atoms with Crippen LogP contribution in [0.25, 0.3) is 0 Å². The molecule has 3 aromatic rings. The second-order valence-electron chi connectivity index (χ2n) is 6.79. The molecule has 0 amide bonds. The summed E-state index contributed by atoms with van der Waals surface area (Å²) >= 11 is 24.7. The summed E-state index contributed by atoms with van der Waals surface area (Å²) in [6.07, 6.45) is 3.83. The van der Waals surface area contributed by atoms with Gasteiger partial charge in [0.05, 0.1) is 42.7 Å². The Kier molecular flexibility index (Phi) is 8.86. The van der Waals surface area contributed by atoms with Crippen LogP contribution in [0, 0.1) is 0 Å². The summed E-state index contributed by atoms with van der Waals surface area (Å²) in [5, 5.41) is 9.11. The maximum Gasteiger partial charge on any atom is 0.288 e. The third kappa shape index (κ3) is 6.12. The van der Waals surface area contributed by atoms with Gasteiger partial charge in [0.2, 0.25) is 0 Å². The third-order valence-electron chi connectivity index (χ3n) is 4.48. The predicted molar refractivity (Wildman–Crippen MR) is 134 cm³/mol. The summed E-state index contributed by atoms with van der Waals surface area (Å²) in [5.74, 6) is 1.24. The molecule has 33 heavy (non-hydrogen) atoms. The number of anilines is 1. The Morgan fingerprint density at radius 2 is 1.85 bits per heavy atom. The number of rotatable bonds is 9. The minimum absolute atomic E-state index is 0.00652. The quantitative estimate of drug-likeness (QED) is 0.204. The molecular weight excluding hydrogens is 510 g/mol. The number of ether oxygens (including phenoxy) is 2. The van der Waals surface area contributed by atoms with Crippen molar-refractivity contribution in [3.8, 4) is 11.5 Å². The van der Waals surface area contributed by atoms with E-state index in [0.29, 0.717) is 33.7 Å². The molecule has 0 unspecified atom stereocenters. The lowest BCUT2D eigenvalue weighted by Gasteiger charge is -2.11. The molecule has 174 valence electrons.